The molecule has 0 bridgehead atoms. The summed E-state index contributed by atoms with van der Waals surface area (Å²) in [5, 5.41) is 4.07. The summed E-state index contributed by atoms with van der Waals surface area (Å²) in [4.78, 5) is 15.5. The van der Waals surface area contributed by atoms with Crippen LogP contribution in [0.15, 0.2) is 35.2 Å². The van der Waals surface area contributed by atoms with Crippen LogP contribution in [-0.2, 0) is 0 Å². The van der Waals surface area contributed by atoms with Crippen molar-refractivity contribution in [3.63, 3.8) is 0 Å². The minimum Gasteiger partial charge on any atom is -1.00 e. The first kappa shape index (κ1) is 23.0. The fourth-order valence-electron chi connectivity index (χ4n) is 1.57. The van der Waals surface area contributed by atoms with E-state index >= 15 is 0 Å². The van der Waals surface area contributed by atoms with E-state index in [1.54, 1.807) is 0 Å². The molecule has 0 saturated carbocycles. The number of nitrogens with one attached hydrogen (secondary N) is 1. The van der Waals surface area contributed by atoms with Crippen LogP contribution in [0.3, 0.4) is 0 Å². The van der Waals surface area contributed by atoms with Crippen LogP contribution in [0.5, 0.6) is 0 Å². The highest BCUT2D eigenvalue weighted by Gasteiger charge is 2.30. The Morgan fingerprint density at radius 3 is 1.75 bits per heavy atom. The molecule has 1 aromatic rings. The van der Waals surface area contributed by atoms with Gasteiger partial charge in [-0.3, -0.25) is 0 Å². The highest BCUT2D eigenvalue weighted by molar-refractivity contribution is 7.66. The Balaban J connectivity index is 0. The SMILES string of the molecule is C[N+](C)(C)N=P(O)(N[N+](C)(C)C)c1ccccc1.[I-].[I-]. The van der Waals surface area contributed by atoms with E-state index in [0.29, 0.717) is 9.18 Å². The molecule has 0 aromatic heterocycles. The Labute approximate surface area is 156 Å². The summed E-state index contributed by atoms with van der Waals surface area (Å²) < 4.78 is 0.800. The van der Waals surface area contributed by atoms with E-state index in [2.05, 4.69) is 10.1 Å². The number of halogens is 2. The minimum atomic E-state index is -2.75. The Hall–Kier alpha value is 0.750. The lowest BCUT2D eigenvalue weighted by atomic mass is 10.4. The molecule has 5 nitrogen and oxygen atoms in total. The van der Waals surface area contributed by atoms with Crippen LogP contribution in [0, 0.1) is 0 Å². The van der Waals surface area contributed by atoms with Crippen molar-refractivity contribution >= 4 is 12.7 Å². The average molecular weight is 526 g/mol. The van der Waals surface area contributed by atoms with Gasteiger partial charge in [0.2, 0.25) is 0 Å². The number of rotatable bonds is 4. The fraction of sp³-hybridized carbons (Fsp3) is 0.500. The highest BCUT2D eigenvalue weighted by Crippen LogP contribution is 2.41. The van der Waals surface area contributed by atoms with Gasteiger partial charge < -0.3 is 52.8 Å². The second kappa shape index (κ2) is 8.40. The van der Waals surface area contributed by atoms with Gasteiger partial charge in [-0.2, -0.15) is 0 Å². The standard InChI is InChI=1S/C12H25N4OP.2HI/c1-15(2,3)13-18(17,14-16(4,5)6)12-10-8-7-9-11-12;;/h7-11,13,17H,1-6H3;2*1H/q+2;;/p-2. The number of benzene rings is 1. The Morgan fingerprint density at radius 1 is 0.950 bits per heavy atom. The van der Waals surface area contributed by atoms with Crippen molar-refractivity contribution in [3.05, 3.63) is 30.3 Å². The van der Waals surface area contributed by atoms with Gasteiger partial charge in [0, 0.05) is 5.30 Å². The quantitative estimate of drug-likeness (QED) is 0.179. The number of nitrogens with zero attached hydrogens (tertiary/aromatic N) is 3. The van der Waals surface area contributed by atoms with Crippen LogP contribution in [0.2, 0.25) is 0 Å². The minimum absolute atomic E-state index is 0. The third-order valence-corrected chi connectivity index (χ3v) is 4.65. The van der Waals surface area contributed by atoms with Crippen LogP contribution in [0.1, 0.15) is 0 Å². The second-order valence-corrected chi connectivity index (χ2v) is 8.18. The van der Waals surface area contributed by atoms with Crippen molar-refractivity contribution < 1.29 is 62.0 Å². The van der Waals surface area contributed by atoms with Gasteiger partial charge in [0.1, 0.15) is 0 Å². The maximum Gasteiger partial charge on any atom is 0.283 e. The van der Waals surface area contributed by atoms with Gasteiger partial charge in [-0.25, -0.2) is 9.18 Å². The molecule has 0 heterocycles. The summed E-state index contributed by atoms with van der Waals surface area (Å²) >= 11 is 0. The average Bonchev–Trinajstić information content (AvgIpc) is 2.13. The normalized spacial score (nSPS) is 14.6. The zero-order valence-electron chi connectivity index (χ0n) is 12.9. The van der Waals surface area contributed by atoms with Gasteiger partial charge in [-0.05, 0) is 12.1 Å². The van der Waals surface area contributed by atoms with E-state index in [1.807, 2.05) is 72.6 Å². The third-order valence-electron chi connectivity index (χ3n) is 1.95. The summed E-state index contributed by atoms with van der Waals surface area (Å²) in [5.41, 5.74) is 0. The Bertz CT molecular complexity index is 455. The molecule has 0 radical (unpaired) electrons. The first-order valence-corrected chi connectivity index (χ1v) is 7.56. The molecular formula is C12H25I2N4OP. The molecule has 118 valence electrons. The zero-order chi connectivity index (χ0) is 14.0. The van der Waals surface area contributed by atoms with E-state index < -0.39 is 7.43 Å². The lowest BCUT2D eigenvalue weighted by Gasteiger charge is -2.31. The van der Waals surface area contributed by atoms with Gasteiger partial charge in [0.05, 0.1) is 42.3 Å². The molecule has 0 amide bonds. The first-order chi connectivity index (χ1) is 8.02. The summed E-state index contributed by atoms with van der Waals surface area (Å²) in [6.07, 6.45) is 0. The molecule has 0 aliphatic rings. The molecule has 1 atom stereocenters. The van der Waals surface area contributed by atoms with E-state index in [9.17, 15) is 4.89 Å². The number of hydrogen-bond acceptors (Lipinski definition) is 1. The summed E-state index contributed by atoms with van der Waals surface area (Å²) in [6, 6.07) is 9.60. The largest absolute Gasteiger partial charge is 1.00 e. The summed E-state index contributed by atoms with van der Waals surface area (Å²) in [7, 11) is 8.98. The predicted molar refractivity (Wildman–Crippen MR) is 76.8 cm³/mol. The highest BCUT2D eigenvalue weighted by atomic mass is 127. The van der Waals surface area contributed by atoms with Gasteiger partial charge in [0.25, 0.3) is 7.43 Å². The van der Waals surface area contributed by atoms with Crippen molar-refractivity contribution in [1.29, 1.82) is 0 Å². The summed E-state index contributed by atoms with van der Waals surface area (Å²) in [5.74, 6) is 0. The van der Waals surface area contributed by atoms with Crippen molar-refractivity contribution in [2.24, 2.45) is 4.85 Å². The van der Waals surface area contributed by atoms with E-state index in [-0.39, 0.29) is 48.0 Å². The smallest absolute Gasteiger partial charge is 0.283 e. The molecule has 0 saturated heterocycles. The molecule has 0 spiro atoms. The lowest BCUT2D eigenvalue weighted by molar-refractivity contribution is -0.903. The zero-order valence-corrected chi connectivity index (χ0v) is 18.1. The summed E-state index contributed by atoms with van der Waals surface area (Å²) in [6.45, 7) is 0. The van der Waals surface area contributed by atoms with Gasteiger partial charge in [0.15, 0.2) is 0 Å². The van der Waals surface area contributed by atoms with E-state index in [4.69, 9.17) is 0 Å². The predicted octanol–water partition coefficient (Wildman–Crippen LogP) is -4.82. The van der Waals surface area contributed by atoms with Crippen LogP contribution in [-0.4, -0.2) is 56.4 Å². The maximum absolute atomic E-state index is 11.0. The van der Waals surface area contributed by atoms with Crippen LogP contribution >= 0.6 is 7.43 Å². The van der Waals surface area contributed by atoms with Crippen LogP contribution < -0.4 is 58.5 Å². The Morgan fingerprint density at radius 2 is 1.40 bits per heavy atom. The Kier molecular flexibility index (Phi) is 9.67. The molecule has 2 N–H and O–H groups in total. The molecule has 1 rings (SSSR count). The van der Waals surface area contributed by atoms with Gasteiger partial charge in [-0.15, -0.1) is 0 Å². The number of hydrogen-bond donors (Lipinski definition) is 2. The lowest BCUT2D eigenvalue weighted by Crippen LogP contribution is -3.00. The molecule has 8 heteroatoms. The monoisotopic (exact) mass is 526 g/mol. The van der Waals surface area contributed by atoms with Gasteiger partial charge >= 0.3 is 0 Å². The second-order valence-electron chi connectivity index (χ2n) is 6.08. The molecule has 0 aliphatic carbocycles. The van der Waals surface area contributed by atoms with Crippen molar-refractivity contribution in [1.82, 2.24) is 5.20 Å². The van der Waals surface area contributed by atoms with Crippen molar-refractivity contribution in [3.8, 4) is 0 Å². The molecule has 20 heavy (non-hydrogen) atoms. The number of quaternary nitrogens is 2. The fourth-order valence-corrected chi connectivity index (χ4v) is 4.03. The molecule has 1 aromatic carbocycles. The van der Waals surface area contributed by atoms with Gasteiger partial charge in [-0.1, -0.05) is 28.2 Å². The molecule has 1 unspecified atom stereocenters. The van der Waals surface area contributed by atoms with Crippen molar-refractivity contribution in [2.45, 2.75) is 0 Å². The van der Waals surface area contributed by atoms with E-state index in [1.165, 1.54) is 0 Å². The third kappa shape index (κ3) is 8.26. The first-order valence-electron chi connectivity index (χ1n) is 5.86. The van der Waals surface area contributed by atoms with Crippen LogP contribution in [0.25, 0.3) is 0 Å². The van der Waals surface area contributed by atoms with Crippen molar-refractivity contribution in [2.75, 3.05) is 42.3 Å². The maximum atomic E-state index is 11.0. The molecular weight excluding hydrogens is 501 g/mol. The van der Waals surface area contributed by atoms with Crippen LogP contribution in [0.4, 0.5) is 0 Å². The molecule has 0 fully saturated rings. The van der Waals surface area contributed by atoms with E-state index in [0.717, 1.165) is 5.30 Å². The topological polar surface area (TPSA) is 44.6 Å². The molecule has 0 aliphatic heterocycles.